The van der Waals surface area contributed by atoms with E-state index in [0.717, 1.165) is 28.8 Å². The summed E-state index contributed by atoms with van der Waals surface area (Å²) < 4.78 is 58.9. The zero-order chi connectivity index (χ0) is 26.2. The van der Waals surface area contributed by atoms with Crippen molar-refractivity contribution in [2.45, 2.75) is 31.3 Å². The molecule has 3 aromatic rings. The lowest BCUT2D eigenvalue weighted by Crippen LogP contribution is -2.45. The molecule has 0 aliphatic carbocycles. The van der Waals surface area contributed by atoms with Gasteiger partial charge in [-0.3, -0.25) is 9.52 Å². The minimum absolute atomic E-state index is 0.127. The molecule has 1 amide bonds. The molecule has 1 aliphatic heterocycles. The van der Waals surface area contributed by atoms with Crippen LogP contribution in [0.25, 0.3) is 11.1 Å². The molecule has 0 spiro atoms. The Morgan fingerprint density at radius 2 is 1.64 bits per heavy atom. The molecule has 36 heavy (non-hydrogen) atoms. The first-order valence-corrected chi connectivity index (χ1v) is 12.6. The van der Waals surface area contributed by atoms with Crippen LogP contribution in [-0.2, 0) is 26.1 Å². The summed E-state index contributed by atoms with van der Waals surface area (Å²) in [5, 5.41) is 0. The molecule has 188 valence electrons. The number of carbonyl (C=O) groups is 2. The molecule has 0 bridgehead atoms. The normalized spacial score (nSPS) is 14.1. The number of methoxy groups -OCH3 is 1. The first kappa shape index (κ1) is 25.3. The number of hydrogen-bond donors (Lipinski definition) is 1. The van der Waals surface area contributed by atoms with Crippen LogP contribution in [0.4, 0.5) is 14.5 Å². The van der Waals surface area contributed by atoms with Gasteiger partial charge in [-0.1, -0.05) is 32.0 Å². The summed E-state index contributed by atoms with van der Waals surface area (Å²) in [6.45, 7) is 3.98. The van der Waals surface area contributed by atoms with Gasteiger partial charge in [-0.05, 0) is 65.1 Å². The van der Waals surface area contributed by atoms with Crippen LogP contribution in [0.15, 0.2) is 65.6 Å². The topological polar surface area (TPSA) is 92.8 Å². The SMILES string of the molecule is COC(=O)[C@H](C(C)C)N1Cc2cc(-c3ccc(NS(=O)(=O)c4ccc(F)c(F)c4)cc3)ccc2C1=O. The Morgan fingerprint density at radius 3 is 2.25 bits per heavy atom. The second kappa shape index (κ2) is 9.69. The number of nitrogens with zero attached hydrogens (tertiary/aromatic N) is 1. The minimum Gasteiger partial charge on any atom is -0.467 e. The van der Waals surface area contributed by atoms with Crippen LogP contribution < -0.4 is 4.72 Å². The number of nitrogens with one attached hydrogen (secondary N) is 1. The van der Waals surface area contributed by atoms with Crippen molar-refractivity contribution in [3.63, 3.8) is 0 Å². The number of benzene rings is 3. The number of carbonyl (C=O) groups excluding carboxylic acids is 2. The molecular formula is C26H24F2N2O5S. The highest BCUT2D eigenvalue weighted by Crippen LogP contribution is 2.32. The van der Waals surface area contributed by atoms with Crippen LogP contribution in [0.5, 0.6) is 0 Å². The van der Waals surface area contributed by atoms with E-state index < -0.39 is 38.6 Å². The average molecular weight is 515 g/mol. The van der Waals surface area contributed by atoms with Crippen molar-refractivity contribution < 1.29 is 31.5 Å². The van der Waals surface area contributed by atoms with E-state index in [1.54, 1.807) is 36.4 Å². The number of anilines is 1. The molecule has 0 saturated carbocycles. The highest BCUT2D eigenvalue weighted by Gasteiger charge is 2.38. The van der Waals surface area contributed by atoms with Crippen molar-refractivity contribution in [1.29, 1.82) is 0 Å². The highest BCUT2D eigenvalue weighted by molar-refractivity contribution is 7.92. The molecular weight excluding hydrogens is 490 g/mol. The summed E-state index contributed by atoms with van der Waals surface area (Å²) in [7, 11) is -2.82. The standard InChI is InChI=1S/C26H24F2N2O5S/c1-15(2)24(26(32)35-3)30-14-18-12-17(6-10-21(18)25(30)31)16-4-7-19(8-5-16)29-36(33,34)20-9-11-22(27)23(28)13-20/h4-13,15,24,29H,14H2,1-3H3/t24-/m0/s1. The minimum atomic E-state index is -4.11. The van der Waals surface area contributed by atoms with E-state index in [0.29, 0.717) is 11.6 Å². The van der Waals surface area contributed by atoms with Crippen molar-refractivity contribution in [1.82, 2.24) is 4.90 Å². The molecule has 1 heterocycles. The molecule has 7 nitrogen and oxygen atoms in total. The largest absolute Gasteiger partial charge is 0.467 e. The molecule has 1 aliphatic rings. The van der Waals surface area contributed by atoms with E-state index in [4.69, 9.17) is 4.74 Å². The maximum absolute atomic E-state index is 13.5. The fourth-order valence-electron chi connectivity index (χ4n) is 4.22. The summed E-state index contributed by atoms with van der Waals surface area (Å²) in [5.41, 5.74) is 3.11. The van der Waals surface area contributed by atoms with Gasteiger partial charge in [0, 0.05) is 17.8 Å². The maximum Gasteiger partial charge on any atom is 0.328 e. The summed E-state index contributed by atoms with van der Waals surface area (Å²) in [4.78, 5) is 26.3. The van der Waals surface area contributed by atoms with Gasteiger partial charge in [0.25, 0.3) is 15.9 Å². The number of rotatable bonds is 7. The van der Waals surface area contributed by atoms with E-state index in [1.807, 2.05) is 19.9 Å². The Labute approximate surface area is 207 Å². The van der Waals surface area contributed by atoms with Gasteiger partial charge in [0.05, 0.1) is 12.0 Å². The van der Waals surface area contributed by atoms with Crippen LogP contribution in [0.3, 0.4) is 0 Å². The Bertz CT molecular complexity index is 1440. The van der Waals surface area contributed by atoms with Crippen LogP contribution >= 0.6 is 0 Å². The number of amides is 1. The van der Waals surface area contributed by atoms with Crippen molar-refractivity contribution in [2.24, 2.45) is 5.92 Å². The summed E-state index contributed by atoms with van der Waals surface area (Å²) in [6.07, 6.45) is 0. The molecule has 3 aromatic carbocycles. The van der Waals surface area contributed by atoms with Crippen molar-refractivity contribution in [2.75, 3.05) is 11.8 Å². The van der Waals surface area contributed by atoms with Gasteiger partial charge in [0.15, 0.2) is 11.6 Å². The maximum atomic E-state index is 13.5. The number of halogens is 2. The first-order chi connectivity index (χ1) is 17.0. The van der Waals surface area contributed by atoms with Crippen LogP contribution in [-0.4, -0.2) is 38.3 Å². The van der Waals surface area contributed by atoms with Gasteiger partial charge in [0.1, 0.15) is 6.04 Å². The average Bonchev–Trinajstić information content (AvgIpc) is 3.15. The molecule has 4 rings (SSSR count). The van der Waals surface area contributed by atoms with Gasteiger partial charge < -0.3 is 9.64 Å². The molecule has 1 N–H and O–H groups in total. The predicted molar refractivity (Wildman–Crippen MR) is 130 cm³/mol. The van der Waals surface area contributed by atoms with E-state index in [9.17, 15) is 26.8 Å². The van der Waals surface area contributed by atoms with Gasteiger partial charge in [-0.15, -0.1) is 0 Å². The van der Waals surface area contributed by atoms with Gasteiger partial charge in [-0.25, -0.2) is 22.0 Å². The molecule has 0 saturated heterocycles. The highest BCUT2D eigenvalue weighted by atomic mass is 32.2. The lowest BCUT2D eigenvalue weighted by atomic mass is 10.0. The van der Waals surface area contributed by atoms with E-state index in [1.165, 1.54) is 12.0 Å². The van der Waals surface area contributed by atoms with Gasteiger partial charge in [-0.2, -0.15) is 0 Å². The van der Waals surface area contributed by atoms with Gasteiger partial charge in [0.2, 0.25) is 0 Å². The molecule has 0 unspecified atom stereocenters. The fourth-order valence-corrected chi connectivity index (χ4v) is 5.29. The monoisotopic (exact) mass is 514 g/mol. The lowest BCUT2D eigenvalue weighted by Gasteiger charge is -2.28. The fraction of sp³-hybridized carbons (Fsp3) is 0.231. The third-order valence-electron chi connectivity index (χ3n) is 6.02. The number of ether oxygens (including phenoxy) is 1. The second-order valence-electron chi connectivity index (χ2n) is 8.78. The molecule has 0 radical (unpaired) electrons. The third-order valence-corrected chi connectivity index (χ3v) is 7.40. The Morgan fingerprint density at radius 1 is 0.972 bits per heavy atom. The van der Waals surface area contributed by atoms with Crippen LogP contribution in [0.1, 0.15) is 29.8 Å². The number of hydrogen-bond acceptors (Lipinski definition) is 5. The van der Waals surface area contributed by atoms with E-state index >= 15 is 0 Å². The van der Waals surface area contributed by atoms with E-state index in [2.05, 4.69) is 4.72 Å². The van der Waals surface area contributed by atoms with Crippen molar-refractivity contribution in [3.05, 3.63) is 83.4 Å². The Kier molecular flexibility index (Phi) is 6.81. The Hall–Kier alpha value is -3.79. The molecule has 0 fully saturated rings. The quantitative estimate of drug-likeness (QED) is 0.466. The molecule has 0 aromatic heterocycles. The zero-order valence-corrected chi connectivity index (χ0v) is 20.6. The number of sulfonamides is 1. The van der Waals surface area contributed by atoms with Crippen LogP contribution in [0, 0.1) is 17.6 Å². The van der Waals surface area contributed by atoms with Crippen LogP contribution in [0.2, 0.25) is 0 Å². The summed E-state index contributed by atoms with van der Waals surface area (Å²) >= 11 is 0. The molecule has 1 atom stereocenters. The Balaban J connectivity index is 1.54. The third kappa shape index (κ3) is 4.81. The number of esters is 1. The van der Waals surface area contributed by atoms with Crippen molar-refractivity contribution >= 4 is 27.6 Å². The predicted octanol–water partition coefficient (Wildman–Crippen LogP) is 4.59. The summed E-state index contributed by atoms with van der Waals surface area (Å²) in [6, 6.07) is 13.5. The first-order valence-electron chi connectivity index (χ1n) is 11.1. The zero-order valence-electron chi connectivity index (χ0n) is 19.8. The van der Waals surface area contributed by atoms with E-state index in [-0.39, 0.29) is 24.1 Å². The van der Waals surface area contributed by atoms with Gasteiger partial charge >= 0.3 is 5.97 Å². The summed E-state index contributed by atoms with van der Waals surface area (Å²) in [5.74, 6) is -3.22. The molecule has 10 heteroatoms. The van der Waals surface area contributed by atoms with Crippen molar-refractivity contribution in [3.8, 4) is 11.1 Å². The second-order valence-corrected chi connectivity index (χ2v) is 10.5. The lowest BCUT2D eigenvalue weighted by molar-refractivity contribution is -0.147. The number of fused-ring (bicyclic) bond motifs is 1. The smallest absolute Gasteiger partial charge is 0.328 e.